The highest BCUT2D eigenvalue weighted by atomic mass is 32.2. The predicted molar refractivity (Wildman–Crippen MR) is 83.4 cm³/mol. The molecule has 1 aromatic rings. The zero-order valence-electron chi connectivity index (χ0n) is 12.6. The molecule has 1 fully saturated rings. The van der Waals surface area contributed by atoms with Crippen LogP contribution in [0, 0.1) is 25.7 Å². The summed E-state index contributed by atoms with van der Waals surface area (Å²) in [5.41, 5.74) is 7.62. The summed E-state index contributed by atoms with van der Waals surface area (Å²) in [6.45, 7) is 4.02. The van der Waals surface area contributed by atoms with Gasteiger partial charge in [-0.2, -0.15) is 0 Å². The normalized spacial score (nSPS) is 22.6. The van der Waals surface area contributed by atoms with E-state index in [1.807, 2.05) is 0 Å². The molecule has 0 amide bonds. The number of aliphatic hydroxyl groups is 1. The summed E-state index contributed by atoms with van der Waals surface area (Å²) in [6, 6.07) is 3.35. The van der Waals surface area contributed by atoms with E-state index in [0.29, 0.717) is 28.3 Å². The molecule has 0 aliphatic heterocycles. The summed E-state index contributed by atoms with van der Waals surface area (Å²) in [5, 5.41) is 9.31. The van der Waals surface area contributed by atoms with Gasteiger partial charge in [0.15, 0.2) is 0 Å². The number of hydrogen-bond acceptors (Lipinski definition) is 4. The molecule has 1 aromatic carbocycles. The molecule has 0 heterocycles. The van der Waals surface area contributed by atoms with Crippen LogP contribution in [-0.4, -0.2) is 26.7 Å². The smallest absolute Gasteiger partial charge is 0.241 e. The average Bonchev–Trinajstić information content (AvgIpc) is 2.82. The number of rotatable bonds is 5. The quantitative estimate of drug-likeness (QED) is 0.720. The third-order valence-corrected chi connectivity index (χ3v) is 6.07. The van der Waals surface area contributed by atoms with Gasteiger partial charge in [-0.15, -0.1) is 0 Å². The van der Waals surface area contributed by atoms with Crippen LogP contribution in [0.2, 0.25) is 0 Å². The van der Waals surface area contributed by atoms with Gasteiger partial charge < -0.3 is 10.8 Å². The summed E-state index contributed by atoms with van der Waals surface area (Å²) < 4.78 is 27.7. The topological polar surface area (TPSA) is 92.4 Å². The second kappa shape index (κ2) is 6.34. The summed E-state index contributed by atoms with van der Waals surface area (Å²) in [7, 11) is -3.54. The van der Waals surface area contributed by atoms with E-state index in [0.717, 1.165) is 19.3 Å². The SMILES string of the molecule is Cc1cc(N)cc(C)c1S(=O)(=O)NCC1CCCC1CO. The Morgan fingerprint density at radius 1 is 1.24 bits per heavy atom. The molecule has 2 atom stereocenters. The Morgan fingerprint density at radius 2 is 1.81 bits per heavy atom. The fourth-order valence-electron chi connectivity index (χ4n) is 3.32. The molecule has 2 unspecified atom stereocenters. The molecule has 6 heteroatoms. The van der Waals surface area contributed by atoms with E-state index in [9.17, 15) is 13.5 Å². The van der Waals surface area contributed by atoms with Crippen LogP contribution in [0.15, 0.2) is 17.0 Å². The Labute approximate surface area is 126 Å². The van der Waals surface area contributed by atoms with E-state index in [2.05, 4.69) is 4.72 Å². The summed E-state index contributed by atoms with van der Waals surface area (Å²) in [6.07, 6.45) is 2.99. The number of anilines is 1. The maximum absolute atomic E-state index is 12.5. The van der Waals surface area contributed by atoms with Crippen LogP contribution < -0.4 is 10.5 Å². The van der Waals surface area contributed by atoms with Crippen molar-refractivity contribution in [3.8, 4) is 0 Å². The van der Waals surface area contributed by atoms with Gasteiger partial charge in [0.25, 0.3) is 0 Å². The first-order valence-corrected chi connectivity index (χ1v) is 8.80. The van der Waals surface area contributed by atoms with E-state index in [4.69, 9.17) is 5.73 Å². The first-order valence-electron chi connectivity index (χ1n) is 7.32. The maximum atomic E-state index is 12.5. The third kappa shape index (κ3) is 3.56. The van der Waals surface area contributed by atoms with E-state index < -0.39 is 10.0 Å². The summed E-state index contributed by atoms with van der Waals surface area (Å²) in [4.78, 5) is 0.315. The molecule has 1 aliphatic carbocycles. The lowest BCUT2D eigenvalue weighted by Gasteiger charge is -2.19. The van der Waals surface area contributed by atoms with Crippen molar-refractivity contribution >= 4 is 15.7 Å². The molecule has 5 nitrogen and oxygen atoms in total. The van der Waals surface area contributed by atoms with Crippen molar-refractivity contribution in [1.29, 1.82) is 0 Å². The van der Waals surface area contributed by atoms with E-state index >= 15 is 0 Å². The van der Waals surface area contributed by atoms with Crippen molar-refractivity contribution in [2.75, 3.05) is 18.9 Å². The Morgan fingerprint density at radius 3 is 2.38 bits per heavy atom. The van der Waals surface area contributed by atoms with Crippen molar-refractivity contribution in [3.63, 3.8) is 0 Å². The highest BCUT2D eigenvalue weighted by Crippen LogP contribution is 2.31. The van der Waals surface area contributed by atoms with Crippen LogP contribution in [0.3, 0.4) is 0 Å². The average molecular weight is 312 g/mol. The molecule has 1 aliphatic rings. The zero-order chi connectivity index (χ0) is 15.6. The van der Waals surface area contributed by atoms with Gasteiger partial charge in [-0.25, -0.2) is 13.1 Å². The number of aryl methyl sites for hydroxylation is 2. The van der Waals surface area contributed by atoms with Crippen LogP contribution in [0.25, 0.3) is 0 Å². The molecule has 0 saturated heterocycles. The molecule has 0 bridgehead atoms. The molecule has 0 radical (unpaired) electrons. The minimum atomic E-state index is -3.54. The Kier molecular flexibility index (Phi) is 4.91. The first-order chi connectivity index (χ1) is 9.85. The number of nitrogens with one attached hydrogen (secondary N) is 1. The second-order valence-electron chi connectivity index (χ2n) is 5.97. The number of benzene rings is 1. The number of aliphatic hydroxyl groups excluding tert-OH is 1. The minimum absolute atomic E-state index is 0.131. The Hall–Kier alpha value is -1.11. The fraction of sp³-hybridized carbons (Fsp3) is 0.600. The van der Waals surface area contributed by atoms with Gasteiger partial charge in [0.05, 0.1) is 4.90 Å². The van der Waals surface area contributed by atoms with Crippen LogP contribution in [0.1, 0.15) is 30.4 Å². The van der Waals surface area contributed by atoms with Crippen molar-refractivity contribution in [3.05, 3.63) is 23.3 Å². The molecule has 0 aromatic heterocycles. The number of hydrogen-bond donors (Lipinski definition) is 3. The van der Waals surface area contributed by atoms with Crippen molar-refractivity contribution in [2.24, 2.45) is 11.8 Å². The van der Waals surface area contributed by atoms with Gasteiger partial charge in [-0.05, 0) is 61.8 Å². The molecule has 21 heavy (non-hydrogen) atoms. The maximum Gasteiger partial charge on any atom is 0.241 e. The molecular weight excluding hydrogens is 288 g/mol. The standard InChI is InChI=1S/C15H24N2O3S/c1-10-6-14(16)7-11(2)15(10)21(19,20)17-8-12-4-3-5-13(12)9-18/h6-7,12-13,17-18H,3-5,8-9,16H2,1-2H3. The van der Waals surface area contributed by atoms with E-state index in [1.165, 1.54) is 0 Å². The second-order valence-corrected chi connectivity index (χ2v) is 7.67. The van der Waals surface area contributed by atoms with Crippen LogP contribution >= 0.6 is 0 Å². The number of nitrogens with two attached hydrogens (primary N) is 1. The van der Waals surface area contributed by atoms with Crippen LogP contribution in [0.4, 0.5) is 5.69 Å². The third-order valence-electron chi connectivity index (χ3n) is 4.34. The summed E-state index contributed by atoms with van der Waals surface area (Å²) in [5.74, 6) is 0.431. The lowest BCUT2D eigenvalue weighted by atomic mass is 9.97. The summed E-state index contributed by atoms with van der Waals surface area (Å²) >= 11 is 0. The highest BCUT2D eigenvalue weighted by molar-refractivity contribution is 7.89. The lowest BCUT2D eigenvalue weighted by Crippen LogP contribution is -2.32. The Bertz CT molecular complexity index is 590. The van der Waals surface area contributed by atoms with Gasteiger partial charge in [-0.3, -0.25) is 0 Å². The Balaban J connectivity index is 2.16. The van der Waals surface area contributed by atoms with Gasteiger partial charge in [0.2, 0.25) is 10.0 Å². The molecule has 4 N–H and O–H groups in total. The van der Waals surface area contributed by atoms with E-state index in [1.54, 1.807) is 26.0 Å². The van der Waals surface area contributed by atoms with Crippen molar-refractivity contribution in [1.82, 2.24) is 4.72 Å². The monoisotopic (exact) mass is 312 g/mol. The molecule has 2 rings (SSSR count). The number of nitrogen functional groups attached to an aromatic ring is 1. The zero-order valence-corrected chi connectivity index (χ0v) is 13.4. The number of sulfonamides is 1. The predicted octanol–water partition coefficient (Wildman–Crippen LogP) is 1.57. The van der Waals surface area contributed by atoms with Gasteiger partial charge in [0, 0.05) is 18.8 Å². The fourth-order valence-corrected chi connectivity index (χ4v) is 4.86. The van der Waals surface area contributed by atoms with Crippen molar-refractivity contribution < 1.29 is 13.5 Å². The first kappa shape index (κ1) is 16.3. The van der Waals surface area contributed by atoms with Gasteiger partial charge in [-0.1, -0.05) is 6.42 Å². The van der Waals surface area contributed by atoms with Gasteiger partial charge in [0.1, 0.15) is 0 Å². The van der Waals surface area contributed by atoms with E-state index in [-0.39, 0.29) is 18.4 Å². The molecule has 1 saturated carbocycles. The minimum Gasteiger partial charge on any atom is -0.399 e. The molecule has 118 valence electrons. The molecular formula is C15H24N2O3S. The molecule has 0 spiro atoms. The van der Waals surface area contributed by atoms with Crippen molar-refractivity contribution in [2.45, 2.75) is 38.0 Å². The van der Waals surface area contributed by atoms with Crippen LogP contribution in [0.5, 0.6) is 0 Å². The van der Waals surface area contributed by atoms with Crippen LogP contribution in [-0.2, 0) is 10.0 Å². The lowest BCUT2D eigenvalue weighted by molar-refractivity contribution is 0.195. The highest BCUT2D eigenvalue weighted by Gasteiger charge is 2.28. The van der Waals surface area contributed by atoms with Gasteiger partial charge >= 0.3 is 0 Å². The largest absolute Gasteiger partial charge is 0.399 e.